The first-order valence-corrected chi connectivity index (χ1v) is 6.70. The molecule has 0 saturated carbocycles. The lowest BCUT2D eigenvalue weighted by atomic mass is 10.2. The van der Waals surface area contributed by atoms with E-state index in [1.807, 2.05) is 43.3 Å². The van der Waals surface area contributed by atoms with E-state index in [1.54, 1.807) is 0 Å². The Balaban J connectivity index is 2.40. The molecular formula is C14H13BrClNO. The molecule has 4 heteroatoms. The van der Waals surface area contributed by atoms with Crippen molar-refractivity contribution < 1.29 is 4.74 Å². The molecule has 18 heavy (non-hydrogen) atoms. The average Bonchev–Trinajstić information content (AvgIpc) is 2.34. The Labute approximate surface area is 120 Å². The van der Waals surface area contributed by atoms with Gasteiger partial charge in [0.2, 0.25) is 0 Å². The topological polar surface area (TPSA) is 35.2 Å². The summed E-state index contributed by atoms with van der Waals surface area (Å²) in [4.78, 5) is 0. The Morgan fingerprint density at radius 1 is 1.22 bits per heavy atom. The first-order valence-electron chi connectivity index (χ1n) is 5.53. The van der Waals surface area contributed by atoms with E-state index >= 15 is 0 Å². The predicted molar refractivity (Wildman–Crippen MR) is 78.3 cm³/mol. The number of halogens is 2. The number of aryl methyl sites for hydroxylation is 1. The predicted octanol–water partition coefficient (Wildman–Crippen LogP) is 4.66. The van der Waals surface area contributed by atoms with Gasteiger partial charge in [0.1, 0.15) is 11.5 Å². The van der Waals surface area contributed by atoms with Crippen molar-refractivity contribution in [2.75, 3.05) is 0 Å². The summed E-state index contributed by atoms with van der Waals surface area (Å²) in [7, 11) is 0. The van der Waals surface area contributed by atoms with E-state index in [0.717, 1.165) is 21.3 Å². The number of hydrogen-bond donors (Lipinski definition) is 1. The van der Waals surface area contributed by atoms with Crippen LogP contribution >= 0.6 is 27.5 Å². The van der Waals surface area contributed by atoms with Gasteiger partial charge in [-0.2, -0.15) is 0 Å². The van der Waals surface area contributed by atoms with E-state index in [-0.39, 0.29) is 0 Å². The Bertz CT molecular complexity index is 572. The molecule has 0 unspecified atom stereocenters. The van der Waals surface area contributed by atoms with Crippen molar-refractivity contribution in [2.24, 2.45) is 5.73 Å². The Morgan fingerprint density at radius 3 is 2.72 bits per heavy atom. The minimum atomic E-state index is 0.403. The maximum atomic E-state index is 6.11. The minimum Gasteiger partial charge on any atom is -0.455 e. The third kappa shape index (κ3) is 2.86. The van der Waals surface area contributed by atoms with E-state index in [4.69, 9.17) is 22.1 Å². The summed E-state index contributed by atoms with van der Waals surface area (Å²) in [6.45, 7) is 2.40. The van der Waals surface area contributed by atoms with E-state index < -0.39 is 0 Å². The first kappa shape index (κ1) is 13.4. The third-order valence-corrected chi connectivity index (χ3v) is 3.64. The van der Waals surface area contributed by atoms with Gasteiger partial charge in [0.05, 0.1) is 5.02 Å². The summed E-state index contributed by atoms with van der Waals surface area (Å²) in [5.41, 5.74) is 7.75. The monoisotopic (exact) mass is 325 g/mol. The van der Waals surface area contributed by atoms with Crippen LogP contribution in [-0.4, -0.2) is 0 Å². The normalized spacial score (nSPS) is 10.4. The van der Waals surface area contributed by atoms with E-state index in [0.29, 0.717) is 17.3 Å². The molecule has 0 aliphatic rings. The zero-order chi connectivity index (χ0) is 13.1. The maximum Gasteiger partial charge on any atom is 0.146 e. The van der Waals surface area contributed by atoms with Crippen molar-refractivity contribution in [1.82, 2.24) is 0 Å². The highest BCUT2D eigenvalue weighted by Gasteiger charge is 2.09. The molecule has 0 aromatic heterocycles. The number of hydrogen-bond acceptors (Lipinski definition) is 2. The number of nitrogens with two attached hydrogens (primary N) is 1. The van der Waals surface area contributed by atoms with Gasteiger partial charge in [-0.05, 0) is 36.8 Å². The SMILES string of the molecule is Cc1ccc(Cl)c(Oc2cccc(Br)c2CN)c1. The molecule has 0 spiro atoms. The van der Waals surface area contributed by atoms with Gasteiger partial charge in [0.25, 0.3) is 0 Å². The molecule has 0 aliphatic heterocycles. The molecule has 0 atom stereocenters. The molecule has 2 rings (SSSR count). The first-order chi connectivity index (χ1) is 8.61. The maximum absolute atomic E-state index is 6.11. The van der Waals surface area contributed by atoms with Gasteiger partial charge < -0.3 is 10.5 Å². The zero-order valence-electron chi connectivity index (χ0n) is 9.91. The molecule has 2 aromatic rings. The van der Waals surface area contributed by atoms with Crippen LogP contribution in [0.1, 0.15) is 11.1 Å². The molecule has 0 fully saturated rings. The third-order valence-electron chi connectivity index (χ3n) is 2.59. The van der Waals surface area contributed by atoms with Crippen LogP contribution in [0.2, 0.25) is 5.02 Å². The molecule has 0 radical (unpaired) electrons. The standard InChI is InChI=1S/C14H13BrClNO/c1-9-5-6-12(16)14(7-9)18-13-4-2-3-11(15)10(13)8-17/h2-7H,8,17H2,1H3. The van der Waals surface area contributed by atoms with Crippen LogP contribution in [0.15, 0.2) is 40.9 Å². The summed E-state index contributed by atoms with van der Waals surface area (Å²) in [5, 5.41) is 0.587. The number of benzene rings is 2. The molecule has 2 aromatic carbocycles. The summed E-state index contributed by atoms with van der Waals surface area (Å²) in [6, 6.07) is 11.4. The molecule has 0 amide bonds. The Hall–Kier alpha value is -1.03. The van der Waals surface area contributed by atoms with Crippen molar-refractivity contribution in [3.05, 3.63) is 57.0 Å². The van der Waals surface area contributed by atoms with Gasteiger partial charge in [0.15, 0.2) is 0 Å². The van der Waals surface area contributed by atoms with E-state index in [1.165, 1.54) is 0 Å². The van der Waals surface area contributed by atoms with Gasteiger partial charge in [-0.25, -0.2) is 0 Å². The van der Waals surface area contributed by atoms with Crippen LogP contribution in [0.5, 0.6) is 11.5 Å². The molecule has 2 nitrogen and oxygen atoms in total. The fourth-order valence-corrected chi connectivity index (χ4v) is 2.31. The van der Waals surface area contributed by atoms with Crippen LogP contribution < -0.4 is 10.5 Å². The van der Waals surface area contributed by atoms with Crippen LogP contribution in [0.4, 0.5) is 0 Å². The van der Waals surface area contributed by atoms with Crippen molar-refractivity contribution >= 4 is 27.5 Å². The molecular weight excluding hydrogens is 314 g/mol. The highest BCUT2D eigenvalue weighted by Crippen LogP contribution is 2.34. The summed E-state index contributed by atoms with van der Waals surface area (Å²) in [6.07, 6.45) is 0. The van der Waals surface area contributed by atoms with Crippen molar-refractivity contribution in [3.63, 3.8) is 0 Å². The number of rotatable bonds is 3. The second-order valence-electron chi connectivity index (χ2n) is 3.96. The lowest BCUT2D eigenvalue weighted by Gasteiger charge is -2.13. The lowest BCUT2D eigenvalue weighted by Crippen LogP contribution is -2.00. The quantitative estimate of drug-likeness (QED) is 0.890. The van der Waals surface area contributed by atoms with Crippen LogP contribution in [0.25, 0.3) is 0 Å². The smallest absolute Gasteiger partial charge is 0.146 e. The largest absolute Gasteiger partial charge is 0.455 e. The molecule has 0 heterocycles. The van der Waals surface area contributed by atoms with Crippen molar-refractivity contribution in [3.8, 4) is 11.5 Å². The lowest BCUT2D eigenvalue weighted by molar-refractivity contribution is 0.476. The van der Waals surface area contributed by atoms with Crippen LogP contribution in [0.3, 0.4) is 0 Å². The average molecular weight is 327 g/mol. The van der Waals surface area contributed by atoms with Gasteiger partial charge in [-0.3, -0.25) is 0 Å². The molecule has 94 valence electrons. The van der Waals surface area contributed by atoms with Crippen LogP contribution in [0, 0.1) is 6.92 Å². The fourth-order valence-electron chi connectivity index (χ4n) is 1.64. The van der Waals surface area contributed by atoms with Gasteiger partial charge in [0, 0.05) is 16.6 Å². The van der Waals surface area contributed by atoms with Gasteiger partial charge >= 0.3 is 0 Å². The summed E-state index contributed by atoms with van der Waals surface area (Å²) >= 11 is 9.57. The van der Waals surface area contributed by atoms with E-state index in [9.17, 15) is 0 Å². The minimum absolute atomic E-state index is 0.403. The highest BCUT2D eigenvalue weighted by molar-refractivity contribution is 9.10. The molecule has 2 N–H and O–H groups in total. The second-order valence-corrected chi connectivity index (χ2v) is 5.22. The van der Waals surface area contributed by atoms with Crippen molar-refractivity contribution in [2.45, 2.75) is 13.5 Å². The Kier molecular flexibility index (Phi) is 4.27. The second kappa shape index (κ2) is 5.74. The molecule has 0 bridgehead atoms. The zero-order valence-corrected chi connectivity index (χ0v) is 12.3. The number of ether oxygens (including phenoxy) is 1. The van der Waals surface area contributed by atoms with Gasteiger partial charge in [-0.15, -0.1) is 0 Å². The highest BCUT2D eigenvalue weighted by atomic mass is 79.9. The fraction of sp³-hybridized carbons (Fsp3) is 0.143. The Morgan fingerprint density at radius 2 is 2.00 bits per heavy atom. The van der Waals surface area contributed by atoms with Crippen molar-refractivity contribution in [1.29, 1.82) is 0 Å². The van der Waals surface area contributed by atoms with Gasteiger partial charge in [-0.1, -0.05) is 39.7 Å². The van der Waals surface area contributed by atoms with E-state index in [2.05, 4.69) is 15.9 Å². The summed E-state index contributed by atoms with van der Waals surface area (Å²) in [5.74, 6) is 1.36. The summed E-state index contributed by atoms with van der Waals surface area (Å²) < 4.78 is 6.79. The molecule has 0 saturated heterocycles. The molecule has 0 aliphatic carbocycles. The van der Waals surface area contributed by atoms with Crippen LogP contribution in [-0.2, 0) is 6.54 Å².